The average Bonchev–Trinajstić information content (AvgIpc) is 3.87. The van der Waals surface area contributed by atoms with E-state index >= 15 is 0 Å². The van der Waals surface area contributed by atoms with Crippen molar-refractivity contribution in [1.29, 1.82) is 0 Å². The summed E-state index contributed by atoms with van der Waals surface area (Å²) in [5.74, 6) is 0.960. The van der Waals surface area contributed by atoms with Crippen molar-refractivity contribution >= 4 is 27.7 Å². The molecule has 64 heavy (non-hydrogen) atoms. The van der Waals surface area contributed by atoms with Crippen LogP contribution < -0.4 is 5.32 Å². The number of nitrogens with one attached hydrogen (secondary N) is 1. The van der Waals surface area contributed by atoms with Crippen LogP contribution in [0.5, 0.6) is 0 Å². The van der Waals surface area contributed by atoms with E-state index in [1.165, 1.54) is 39.2 Å². The van der Waals surface area contributed by atoms with Crippen LogP contribution in [-0.4, -0.2) is 86.2 Å². The molecule has 7 aliphatic carbocycles. The molecule has 0 aromatic heterocycles. The van der Waals surface area contributed by atoms with E-state index in [0.717, 1.165) is 50.5 Å². The molecule has 1 saturated heterocycles. The molecule has 1 heterocycles. The topological polar surface area (TPSA) is 139 Å². The highest BCUT2D eigenvalue weighted by Gasteiger charge is 2.77. The monoisotopic (exact) mass is 905 g/mol. The van der Waals surface area contributed by atoms with Gasteiger partial charge in [-0.1, -0.05) is 85.7 Å². The number of sulfone groups is 1. The quantitative estimate of drug-likeness (QED) is 0.207. The number of hydrogen-bond acceptors (Lipinski definition) is 9. The molecule has 356 valence electrons. The molecule has 10 nitrogen and oxygen atoms in total. The van der Waals surface area contributed by atoms with Crippen molar-refractivity contribution in [3.63, 3.8) is 0 Å². The van der Waals surface area contributed by atoms with Crippen LogP contribution in [0.1, 0.15) is 144 Å². The number of carboxylic acids is 1. The van der Waals surface area contributed by atoms with Gasteiger partial charge in [-0.05, 0) is 157 Å². The lowest BCUT2D eigenvalue weighted by Crippen LogP contribution is -2.72. The Hall–Kier alpha value is -2.50. The van der Waals surface area contributed by atoms with E-state index in [0.29, 0.717) is 61.1 Å². The highest BCUT2D eigenvalue weighted by molar-refractivity contribution is 7.91. The third-order valence-corrected chi connectivity index (χ3v) is 24.0. The standard InChI is InChI=1S/C53H80N2O8S/c1-46(2)39-19-21-51(8)41(49(39,6)20-18-40(46)53(45(58)59)31-37(47(53,3)4)43(56)63-33-34-13-11-10-12-14-34)16-15-36-42-35(48(5)23-24-48)17-22-52(42,26-25-50(36,51)7)54-32-38(44(57)62-9)55-27-29-64(60,61)30-28-55/h10-14,35-42,54H,15-33H2,1-9H3,(H,58,59)/t35-,36-,37+,38-,39-,40+,41-,42-,49-,50-,51-,52+,53-/m1/s1. The largest absolute Gasteiger partial charge is 0.481 e. The number of esters is 2. The number of ether oxygens (including phenoxy) is 2. The van der Waals surface area contributed by atoms with Gasteiger partial charge in [-0.15, -0.1) is 0 Å². The van der Waals surface area contributed by atoms with Crippen molar-refractivity contribution in [2.24, 2.45) is 79.3 Å². The van der Waals surface area contributed by atoms with Gasteiger partial charge >= 0.3 is 17.9 Å². The predicted octanol–water partition coefficient (Wildman–Crippen LogP) is 8.96. The molecule has 0 spiro atoms. The predicted molar refractivity (Wildman–Crippen MR) is 248 cm³/mol. The van der Waals surface area contributed by atoms with Gasteiger partial charge in [0.2, 0.25) is 0 Å². The van der Waals surface area contributed by atoms with Gasteiger partial charge in [-0.2, -0.15) is 0 Å². The zero-order valence-corrected chi connectivity index (χ0v) is 41.4. The maximum atomic E-state index is 13.8. The molecule has 11 heteroatoms. The fourth-order valence-electron chi connectivity index (χ4n) is 18.3. The second kappa shape index (κ2) is 15.5. The van der Waals surface area contributed by atoms with Gasteiger partial charge in [0.25, 0.3) is 0 Å². The van der Waals surface area contributed by atoms with Crippen LogP contribution >= 0.6 is 0 Å². The zero-order valence-electron chi connectivity index (χ0n) is 40.6. The second-order valence-corrected chi connectivity index (χ2v) is 27.3. The van der Waals surface area contributed by atoms with Crippen molar-refractivity contribution in [1.82, 2.24) is 10.2 Å². The van der Waals surface area contributed by atoms with Gasteiger partial charge < -0.3 is 19.9 Å². The summed E-state index contributed by atoms with van der Waals surface area (Å²) in [5, 5.41) is 15.5. The summed E-state index contributed by atoms with van der Waals surface area (Å²) >= 11 is 0. The molecule has 1 aliphatic heterocycles. The Morgan fingerprint density at radius 3 is 2.08 bits per heavy atom. The van der Waals surface area contributed by atoms with Crippen molar-refractivity contribution in [2.45, 2.75) is 157 Å². The summed E-state index contributed by atoms with van der Waals surface area (Å²) in [7, 11) is -1.64. The molecular formula is C53H80N2O8S. The molecular weight excluding hydrogens is 825 g/mol. The Balaban J connectivity index is 0.962. The molecule has 1 aromatic rings. The Morgan fingerprint density at radius 2 is 1.45 bits per heavy atom. The summed E-state index contributed by atoms with van der Waals surface area (Å²) in [6.45, 7) is 20.7. The van der Waals surface area contributed by atoms with Crippen LogP contribution in [0.2, 0.25) is 0 Å². The van der Waals surface area contributed by atoms with Crippen LogP contribution in [0, 0.1) is 79.3 Å². The minimum Gasteiger partial charge on any atom is -0.481 e. The summed E-state index contributed by atoms with van der Waals surface area (Å²) in [6, 6.07) is 9.20. The van der Waals surface area contributed by atoms with Crippen LogP contribution in [0.25, 0.3) is 0 Å². The minimum atomic E-state index is -3.09. The summed E-state index contributed by atoms with van der Waals surface area (Å²) in [5.41, 5.74) is -0.410. The smallest absolute Gasteiger partial charge is 0.324 e. The SMILES string of the molecule is COC(=O)[C@@H](CN[C@]12CC[C@@H](C3(C)CC3)[C@@H]1[C@H]1CC[C@@H]3[C@]4(C)CC[C@H]([C@@]5(C(=O)O)C[C@@H](C(=O)OCc6ccccc6)C5(C)C)C(C)(C)[C@H]4CC[C@@]3(C)[C@]1(C)CC2)N1CCS(=O)(=O)CC1. The number of aliphatic carboxylic acids is 1. The highest BCUT2D eigenvalue weighted by atomic mass is 32.2. The first kappa shape index (κ1) is 46.6. The lowest BCUT2D eigenvalue weighted by atomic mass is 9.29. The van der Waals surface area contributed by atoms with E-state index in [9.17, 15) is 27.9 Å². The number of methoxy groups -OCH3 is 1. The Bertz CT molecular complexity index is 2110. The zero-order chi connectivity index (χ0) is 46.1. The molecule has 0 bridgehead atoms. The number of carbonyl (C=O) groups is 3. The number of fused-ring (bicyclic) bond motifs is 7. The summed E-state index contributed by atoms with van der Waals surface area (Å²) in [4.78, 5) is 43.0. The Morgan fingerprint density at radius 1 is 0.781 bits per heavy atom. The average molecular weight is 905 g/mol. The lowest BCUT2D eigenvalue weighted by Gasteiger charge is -2.75. The molecule has 0 radical (unpaired) electrons. The molecule has 8 fully saturated rings. The number of rotatable bonds is 11. The molecule has 7 saturated carbocycles. The first-order valence-corrected chi connectivity index (χ1v) is 27.0. The van der Waals surface area contributed by atoms with E-state index < -0.39 is 38.6 Å². The fraction of sp³-hybridized carbons (Fsp3) is 0.830. The first-order chi connectivity index (χ1) is 30.0. The number of nitrogens with zero attached hydrogens (tertiary/aromatic N) is 1. The third kappa shape index (κ3) is 6.69. The van der Waals surface area contributed by atoms with Crippen molar-refractivity contribution in [3.05, 3.63) is 35.9 Å². The lowest BCUT2D eigenvalue weighted by molar-refractivity contribution is -0.268. The minimum absolute atomic E-state index is 0.0527. The van der Waals surface area contributed by atoms with Crippen LogP contribution in [0.4, 0.5) is 0 Å². The highest BCUT2D eigenvalue weighted by Crippen LogP contribution is 2.80. The molecule has 13 atom stereocenters. The normalized spacial score (nSPS) is 44.0. The summed E-state index contributed by atoms with van der Waals surface area (Å²) in [6.07, 6.45) is 14.0. The molecule has 2 N–H and O–H groups in total. The molecule has 1 aromatic carbocycles. The van der Waals surface area contributed by atoms with Gasteiger partial charge in [0.1, 0.15) is 12.6 Å². The van der Waals surface area contributed by atoms with E-state index in [-0.39, 0.29) is 63.2 Å². The van der Waals surface area contributed by atoms with Gasteiger partial charge in [-0.25, -0.2) is 8.42 Å². The van der Waals surface area contributed by atoms with E-state index in [4.69, 9.17) is 9.47 Å². The van der Waals surface area contributed by atoms with Crippen LogP contribution in [-0.2, 0) is 40.3 Å². The molecule has 0 amide bonds. The van der Waals surface area contributed by atoms with Crippen molar-refractivity contribution in [3.8, 4) is 0 Å². The third-order valence-electron chi connectivity index (χ3n) is 22.4. The second-order valence-electron chi connectivity index (χ2n) is 25.0. The number of benzene rings is 1. The van der Waals surface area contributed by atoms with Gasteiger partial charge in [-0.3, -0.25) is 19.3 Å². The Labute approximate surface area is 384 Å². The molecule has 8 aliphatic rings. The van der Waals surface area contributed by atoms with E-state index in [1.807, 2.05) is 49.1 Å². The van der Waals surface area contributed by atoms with Gasteiger partial charge in [0.15, 0.2) is 9.84 Å². The van der Waals surface area contributed by atoms with Crippen molar-refractivity contribution < 1.29 is 37.4 Å². The van der Waals surface area contributed by atoms with E-state index in [2.05, 4.69) is 46.9 Å². The van der Waals surface area contributed by atoms with Crippen LogP contribution in [0.3, 0.4) is 0 Å². The number of carbonyl (C=O) groups excluding carboxylic acids is 2. The first-order valence-electron chi connectivity index (χ1n) is 25.2. The van der Waals surface area contributed by atoms with Gasteiger partial charge in [0.05, 0.1) is 29.9 Å². The summed E-state index contributed by atoms with van der Waals surface area (Å²) < 4.78 is 36.0. The van der Waals surface area contributed by atoms with E-state index in [1.54, 1.807) is 0 Å². The maximum Gasteiger partial charge on any atom is 0.324 e. The Kier molecular flexibility index (Phi) is 11.3. The van der Waals surface area contributed by atoms with Crippen LogP contribution in [0.15, 0.2) is 30.3 Å². The molecule has 0 unspecified atom stereocenters. The number of carboxylic acid groups (broad SMARTS) is 1. The maximum absolute atomic E-state index is 13.8. The molecule has 9 rings (SSSR count). The number of hydrogen-bond donors (Lipinski definition) is 2. The van der Waals surface area contributed by atoms with Gasteiger partial charge in [0, 0.05) is 25.2 Å². The fourth-order valence-corrected chi connectivity index (χ4v) is 19.5. The van der Waals surface area contributed by atoms with Crippen molar-refractivity contribution in [2.75, 3.05) is 38.2 Å².